The second-order valence-corrected chi connectivity index (χ2v) is 6.73. The van der Waals surface area contributed by atoms with Crippen LogP contribution in [0, 0.1) is 0 Å². The molecule has 2 N–H and O–H groups in total. The van der Waals surface area contributed by atoms with Gasteiger partial charge in [-0.25, -0.2) is 8.42 Å². The molecule has 18 heavy (non-hydrogen) atoms. The van der Waals surface area contributed by atoms with Crippen LogP contribution in [0.1, 0.15) is 12.0 Å². The maximum atomic E-state index is 11.4. The van der Waals surface area contributed by atoms with Crippen LogP contribution in [0.2, 0.25) is 0 Å². The average molecular weight is 267 g/mol. The largest absolute Gasteiger partial charge is 0.489 e. The van der Waals surface area contributed by atoms with E-state index in [-0.39, 0.29) is 17.6 Å². The molecule has 0 saturated carbocycles. The van der Waals surface area contributed by atoms with E-state index in [0.717, 1.165) is 5.56 Å². The number of rotatable bonds is 4. The Labute approximate surface area is 107 Å². The third kappa shape index (κ3) is 3.04. The second kappa shape index (κ2) is 5.02. The number of ether oxygens (including phenoxy) is 1. The summed E-state index contributed by atoms with van der Waals surface area (Å²) in [6.45, 7) is 3.69. The molecular weight excluding hydrogens is 250 g/mol. The van der Waals surface area contributed by atoms with E-state index in [9.17, 15) is 8.42 Å². The van der Waals surface area contributed by atoms with Crippen LogP contribution in [0.3, 0.4) is 0 Å². The van der Waals surface area contributed by atoms with E-state index in [1.807, 2.05) is 6.07 Å². The number of hydrogen-bond donors (Lipinski definition) is 1. The normalized spacial score (nSPS) is 21.7. The summed E-state index contributed by atoms with van der Waals surface area (Å²) in [5, 5.41) is 0. The molecule has 1 aliphatic heterocycles. The van der Waals surface area contributed by atoms with E-state index >= 15 is 0 Å². The summed E-state index contributed by atoms with van der Waals surface area (Å²) < 4.78 is 28.5. The molecule has 0 aliphatic carbocycles. The number of nitrogens with two attached hydrogens (primary N) is 1. The van der Waals surface area contributed by atoms with Crippen LogP contribution in [0.5, 0.6) is 5.75 Å². The molecule has 0 spiro atoms. The van der Waals surface area contributed by atoms with Crippen molar-refractivity contribution in [2.75, 3.05) is 17.2 Å². The minimum Gasteiger partial charge on any atom is -0.489 e. The van der Waals surface area contributed by atoms with Crippen LogP contribution in [0.4, 0.5) is 5.69 Å². The van der Waals surface area contributed by atoms with E-state index in [1.54, 1.807) is 18.2 Å². The molecule has 1 aliphatic rings. The van der Waals surface area contributed by atoms with Crippen LogP contribution in [-0.2, 0) is 16.3 Å². The van der Waals surface area contributed by atoms with E-state index in [0.29, 0.717) is 24.3 Å². The average Bonchev–Trinajstić information content (AvgIpc) is 2.62. The molecule has 4 nitrogen and oxygen atoms in total. The fourth-order valence-electron chi connectivity index (χ4n) is 2.06. The van der Waals surface area contributed by atoms with Crippen molar-refractivity contribution in [3.8, 4) is 5.75 Å². The molecule has 1 heterocycles. The first kappa shape index (κ1) is 13.0. The van der Waals surface area contributed by atoms with Crippen LogP contribution >= 0.6 is 0 Å². The number of sulfone groups is 1. The van der Waals surface area contributed by atoms with Gasteiger partial charge in [0.1, 0.15) is 11.9 Å². The Hall–Kier alpha value is -1.49. The molecule has 98 valence electrons. The SMILES string of the molecule is C=CCc1cc(N)ccc1OC1CCS(=O)(=O)C1. The monoisotopic (exact) mass is 267 g/mol. The standard InChI is InChI=1S/C13H17NO3S/c1-2-3-10-8-11(14)4-5-13(10)17-12-6-7-18(15,16)9-12/h2,4-5,8,12H,1,3,6-7,9,14H2. The van der Waals surface area contributed by atoms with E-state index in [4.69, 9.17) is 10.5 Å². The smallest absolute Gasteiger partial charge is 0.154 e. The van der Waals surface area contributed by atoms with Crippen LogP contribution < -0.4 is 10.5 Å². The van der Waals surface area contributed by atoms with Gasteiger partial charge in [-0.15, -0.1) is 6.58 Å². The number of nitrogen functional groups attached to an aromatic ring is 1. The Morgan fingerprint density at radius 1 is 1.50 bits per heavy atom. The summed E-state index contributed by atoms with van der Waals surface area (Å²) >= 11 is 0. The summed E-state index contributed by atoms with van der Waals surface area (Å²) in [6.07, 6.45) is 2.73. The predicted molar refractivity (Wildman–Crippen MR) is 72.4 cm³/mol. The molecule has 1 aromatic carbocycles. The third-order valence-electron chi connectivity index (χ3n) is 2.93. The van der Waals surface area contributed by atoms with Gasteiger partial charge in [0.25, 0.3) is 0 Å². The Bertz CT molecular complexity index is 551. The molecule has 0 aromatic heterocycles. The summed E-state index contributed by atoms with van der Waals surface area (Å²) in [5.41, 5.74) is 7.33. The topological polar surface area (TPSA) is 69.4 Å². The highest BCUT2D eigenvalue weighted by Gasteiger charge is 2.29. The van der Waals surface area contributed by atoms with E-state index in [2.05, 4.69) is 6.58 Å². The maximum absolute atomic E-state index is 11.4. The molecular formula is C13H17NO3S. The second-order valence-electron chi connectivity index (χ2n) is 4.50. The van der Waals surface area contributed by atoms with Crippen molar-refractivity contribution in [2.24, 2.45) is 0 Å². The number of allylic oxidation sites excluding steroid dienone is 1. The first-order chi connectivity index (χ1) is 8.50. The number of hydrogen-bond acceptors (Lipinski definition) is 4. The van der Waals surface area contributed by atoms with Crippen LogP contribution in [0.25, 0.3) is 0 Å². The zero-order valence-electron chi connectivity index (χ0n) is 10.1. The minimum absolute atomic E-state index is 0.102. The lowest BCUT2D eigenvalue weighted by molar-refractivity contribution is 0.227. The molecule has 0 amide bonds. The molecule has 5 heteroatoms. The molecule has 0 radical (unpaired) electrons. The summed E-state index contributed by atoms with van der Waals surface area (Å²) in [6, 6.07) is 5.38. The van der Waals surface area contributed by atoms with Crippen molar-refractivity contribution in [2.45, 2.75) is 18.9 Å². The quantitative estimate of drug-likeness (QED) is 0.664. The van der Waals surface area contributed by atoms with Crippen LogP contribution in [-0.4, -0.2) is 26.0 Å². The highest BCUT2D eigenvalue weighted by molar-refractivity contribution is 7.91. The molecule has 1 saturated heterocycles. The first-order valence-electron chi connectivity index (χ1n) is 5.86. The van der Waals surface area contributed by atoms with Gasteiger partial charge in [-0.1, -0.05) is 6.08 Å². The molecule has 0 bridgehead atoms. The lowest BCUT2D eigenvalue weighted by Gasteiger charge is -2.15. The molecule has 1 atom stereocenters. The van der Waals surface area contributed by atoms with Crippen molar-refractivity contribution in [1.82, 2.24) is 0 Å². The van der Waals surface area contributed by atoms with E-state index in [1.165, 1.54) is 0 Å². The molecule has 2 rings (SSSR count). The van der Waals surface area contributed by atoms with Crippen molar-refractivity contribution >= 4 is 15.5 Å². The number of anilines is 1. The van der Waals surface area contributed by atoms with Gasteiger partial charge in [-0.2, -0.15) is 0 Å². The minimum atomic E-state index is -2.92. The first-order valence-corrected chi connectivity index (χ1v) is 7.69. The fraction of sp³-hybridized carbons (Fsp3) is 0.385. The molecule has 1 aromatic rings. The van der Waals surface area contributed by atoms with Gasteiger partial charge in [-0.3, -0.25) is 0 Å². The Morgan fingerprint density at radius 3 is 2.89 bits per heavy atom. The van der Waals surface area contributed by atoms with Gasteiger partial charge in [0.15, 0.2) is 9.84 Å². The van der Waals surface area contributed by atoms with Crippen molar-refractivity contribution in [3.63, 3.8) is 0 Å². The number of benzene rings is 1. The van der Waals surface area contributed by atoms with Crippen molar-refractivity contribution in [3.05, 3.63) is 36.4 Å². The lowest BCUT2D eigenvalue weighted by atomic mass is 10.1. The van der Waals surface area contributed by atoms with Gasteiger partial charge >= 0.3 is 0 Å². The summed E-state index contributed by atoms with van der Waals surface area (Å²) in [4.78, 5) is 0. The van der Waals surface area contributed by atoms with E-state index < -0.39 is 9.84 Å². The van der Waals surface area contributed by atoms with Gasteiger partial charge in [0.05, 0.1) is 11.5 Å². The van der Waals surface area contributed by atoms with Crippen molar-refractivity contribution < 1.29 is 13.2 Å². The zero-order chi connectivity index (χ0) is 13.2. The Kier molecular flexibility index (Phi) is 3.61. The Balaban J connectivity index is 2.16. The summed E-state index contributed by atoms with van der Waals surface area (Å²) in [7, 11) is -2.92. The van der Waals surface area contributed by atoms with Gasteiger partial charge in [0.2, 0.25) is 0 Å². The zero-order valence-corrected chi connectivity index (χ0v) is 10.9. The van der Waals surface area contributed by atoms with Crippen molar-refractivity contribution in [1.29, 1.82) is 0 Å². The molecule has 1 unspecified atom stereocenters. The highest BCUT2D eigenvalue weighted by atomic mass is 32.2. The molecule has 1 fully saturated rings. The third-order valence-corrected chi connectivity index (χ3v) is 4.67. The van der Waals surface area contributed by atoms with Gasteiger partial charge < -0.3 is 10.5 Å². The predicted octanol–water partition coefficient (Wildman–Crippen LogP) is 1.56. The Morgan fingerprint density at radius 2 is 2.28 bits per heavy atom. The maximum Gasteiger partial charge on any atom is 0.154 e. The highest BCUT2D eigenvalue weighted by Crippen LogP contribution is 2.26. The van der Waals surface area contributed by atoms with Crippen LogP contribution in [0.15, 0.2) is 30.9 Å². The fourth-order valence-corrected chi connectivity index (χ4v) is 3.65. The van der Waals surface area contributed by atoms with Gasteiger partial charge in [0, 0.05) is 5.69 Å². The summed E-state index contributed by atoms with van der Waals surface area (Å²) in [5.74, 6) is 1.01. The van der Waals surface area contributed by atoms with Gasteiger partial charge in [-0.05, 0) is 36.6 Å². The lowest BCUT2D eigenvalue weighted by Crippen LogP contribution is -2.18.